The lowest BCUT2D eigenvalue weighted by atomic mass is 10.4. The van der Waals surface area contributed by atoms with E-state index in [2.05, 4.69) is 44.3 Å². The van der Waals surface area contributed by atoms with E-state index in [1.807, 2.05) is 29.1 Å². The van der Waals surface area contributed by atoms with E-state index in [-0.39, 0.29) is 0 Å². The molecule has 104 valence electrons. The molecule has 0 aliphatic rings. The van der Waals surface area contributed by atoms with E-state index >= 15 is 0 Å². The first-order valence-electron chi connectivity index (χ1n) is 6.75. The molecule has 3 heterocycles. The Hall–Kier alpha value is -1.69. The Morgan fingerprint density at radius 3 is 2.70 bits per heavy atom. The van der Waals surface area contributed by atoms with E-state index in [0.717, 1.165) is 47.0 Å². The van der Waals surface area contributed by atoms with Crippen LogP contribution in [0, 0.1) is 0 Å². The molecule has 3 aromatic heterocycles. The summed E-state index contributed by atoms with van der Waals surface area (Å²) in [5.41, 5.74) is 2.01. The molecule has 5 nitrogen and oxygen atoms in total. The van der Waals surface area contributed by atoms with Gasteiger partial charge < -0.3 is 4.40 Å². The van der Waals surface area contributed by atoms with E-state index in [1.165, 1.54) is 0 Å². The van der Waals surface area contributed by atoms with E-state index in [4.69, 9.17) is 4.98 Å². The molecule has 0 N–H and O–H groups in total. The minimum absolute atomic E-state index is 0.720. The van der Waals surface area contributed by atoms with Crippen LogP contribution in [0.4, 0.5) is 0 Å². The van der Waals surface area contributed by atoms with Gasteiger partial charge in [0.05, 0.1) is 5.69 Å². The predicted octanol–water partition coefficient (Wildman–Crippen LogP) is 2.93. The van der Waals surface area contributed by atoms with Crippen molar-refractivity contribution >= 4 is 21.6 Å². The van der Waals surface area contributed by atoms with Crippen molar-refractivity contribution in [2.75, 3.05) is 0 Å². The van der Waals surface area contributed by atoms with Crippen molar-refractivity contribution in [3.8, 4) is 5.82 Å². The molecule has 0 unspecified atom stereocenters. The van der Waals surface area contributed by atoms with Crippen molar-refractivity contribution in [1.29, 1.82) is 0 Å². The Kier molecular flexibility index (Phi) is 3.56. The first kappa shape index (κ1) is 13.3. The number of nitrogens with zero attached hydrogens (tertiary/aromatic N) is 5. The standard InChI is InChI=1S/C14H16BrN5/c1-3-11-16-12(4-2)20(18-11)14-10(9-15)19-8-6-5-7-13(19)17-14/h5-8H,3-4,9H2,1-2H3. The van der Waals surface area contributed by atoms with Crippen molar-refractivity contribution in [3.63, 3.8) is 0 Å². The van der Waals surface area contributed by atoms with Gasteiger partial charge in [-0.15, -0.1) is 5.10 Å². The summed E-state index contributed by atoms with van der Waals surface area (Å²) in [6.45, 7) is 4.15. The summed E-state index contributed by atoms with van der Waals surface area (Å²) in [6, 6.07) is 5.99. The number of halogens is 1. The van der Waals surface area contributed by atoms with Crippen LogP contribution in [0.2, 0.25) is 0 Å². The summed E-state index contributed by atoms with van der Waals surface area (Å²) >= 11 is 3.55. The average molecular weight is 334 g/mol. The van der Waals surface area contributed by atoms with Gasteiger partial charge in [0.15, 0.2) is 11.6 Å². The van der Waals surface area contributed by atoms with Gasteiger partial charge in [-0.1, -0.05) is 35.8 Å². The lowest BCUT2D eigenvalue weighted by Crippen LogP contribution is -2.05. The van der Waals surface area contributed by atoms with Crippen LogP contribution >= 0.6 is 15.9 Å². The first-order valence-corrected chi connectivity index (χ1v) is 7.87. The lowest BCUT2D eigenvalue weighted by molar-refractivity contribution is 0.767. The van der Waals surface area contributed by atoms with Gasteiger partial charge in [-0.2, -0.15) is 4.68 Å². The van der Waals surface area contributed by atoms with E-state index in [1.54, 1.807) is 0 Å². The highest BCUT2D eigenvalue weighted by molar-refractivity contribution is 9.08. The molecule has 3 rings (SSSR count). The second kappa shape index (κ2) is 5.36. The van der Waals surface area contributed by atoms with Gasteiger partial charge in [-0.05, 0) is 12.1 Å². The van der Waals surface area contributed by atoms with Gasteiger partial charge >= 0.3 is 0 Å². The van der Waals surface area contributed by atoms with Crippen molar-refractivity contribution in [3.05, 3.63) is 41.7 Å². The summed E-state index contributed by atoms with van der Waals surface area (Å²) < 4.78 is 3.96. The second-order valence-electron chi connectivity index (χ2n) is 4.51. The molecule has 0 spiro atoms. The molecule has 3 aromatic rings. The number of hydrogen-bond acceptors (Lipinski definition) is 3. The van der Waals surface area contributed by atoms with Crippen molar-refractivity contribution in [2.24, 2.45) is 0 Å². The fraction of sp³-hybridized carbons (Fsp3) is 0.357. The fourth-order valence-electron chi connectivity index (χ4n) is 2.27. The van der Waals surface area contributed by atoms with Gasteiger partial charge in [-0.25, -0.2) is 9.97 Å². The Labute approximate surface area is 125 Å². The van der Waals surface area contributed by atoms with Crippen LogP contribution in [0.15, 0.2) is 24.4 Å². The third kappa shape index (κ3) is 2.04. The van der Waals surface area contributed by atoms with Crippen molar-refractivity contribution in [2.45, 2.75) is 32.0 Å². The van der Waals surface area contributed by atoms with Crippen molar-refractivity contribution in [1.82, 2.24) is 24.1 Å². The van der Waals surface area contributed by atoms with Crippen LogP contribution in [0.1, 0.15) is 31.2 Å². The molecule has 0 fully saturated rings. The summed E-state index contributed by atoms with van der Waals surface area (Å²) in [5, 5.41) is 5.30. The van der Waals surface area contributed by atoms with E-state index < -0.39 is 0 Å². The third-order valence-electron chi connectivity index (χ3n) is 3.29. The second-order valence-corrected chi connectivity index (χ2v) is 5.07. The molecular formula is C14H16BrN5. The number of pyridine rings is 1. The zero-order valence-corrected chi connectivity index (χ0v) is 13.1. The van der Waals surface area contributed by atoms with Crippen LogP contribution in [-0.2, 0) is 18.2 Å². The maximum Gasteiger partial charge on any atom is 0.178 e. The molecule has 0 atom stereocenters. The normalized spacial score (nSPS) is 11.3. The van der Waals surface area contributed by atoms with Crippen LogP contribution in [0.5, 0.6) is 0 Å². The summed E-state index contributed by atoms with van der Waals surface area (Å²) in [6.07, 6.45) is 3.69. The lowest BCUT2D eigenvalue weighted by Gasteiger charge is -2.03. The number of imidazole rings is 1. The number of fused-ring (bicyclic) bond motifs is 1. The van der Waals surface area contributed by atoms with Gasteiger partial charge in [0.1, 0.15) is 11.5 Å². The average Bonchev–Trinajstić information content (AvgIpc) is 3.07. The largest absolute Gasteiger partial charge is 0.301 e. The van der Waals surface area contributed by atoms with Crippen LogP contribution in [0.3, 0.4) is 0 Å². The Bertz CT molecular complexity index is 743. The Morgan fingerprint density at radius 1 is 1.15 bits per heavy atom. The molecule has 20 heavy (non-hydrogen) atoms. The topological polar surface area (TPSA) is 48.0 Å². The molecule has 0 bridgehead atoms. The van der Waals surface area contributed by atoms with Crippen LogP contribution in [0.25, 0.3) is 11.5 Å². The number of hydrogen-bond donors (Lipinski definition) is 0. The van der Waals surface area contributed by atoms with Gasteiger partial charge in [0.25, 0.3) is 0 Å². The zero-order chi connectivity index (χ0) is 14.1. The number of aromatic nitrogens is 5. The monoisotopic (exact) mass is 333 g/mol. The summed E-state index contributed by atoms with van der Waals surface area (Å²) in [4.78, 5) is 9.26. The molecule has 6 heteroatoms. The quantitative estimate of drug-likeness (QED) is 0.689. The summed E-state index contributed by atoms with van der Waals surface area (Å²) in [5.74, 6) is 2.67. The molecule has 0 aromatic carbocycles. The number of aryl methyl sites for hydroxylation is 2. The minimum atomic E-state index is 0.720. The van der Waals surface area contributed by atoms with E-state index in [0.29, 0.717) is 0 Å². The zero-order valence-electron chi connectivity index (χ0n) is 11.5. The van der Waals surface area contributed by atoms with Crippen LogP contribution in [-0.4, -0.2) is 24.1 Å². The highest BCUT2D eigenvalue weighted by atomic mass is 79.9. The Balaban J connectivity index is 2.26. The molecular weight excluding hydrogens is 318 g/mol. The molecule has 0 saturated heterocycles. The number of rotatable bonds is 4. The third-order valence-corrected chi connectivity index (χ3v) is 3.82. The maximum absolute atomic E-state index is 4.70. The molecule has 0 amide bonds. The maximum atomic E-state index is 4.70. The molecule has 0 saturated carbocycles. The van der Waals surface area contributed by atoms with E-state index in [9.17, 15) is 0 Å². The predicted molar refractivity (Wildman–Crippen MR) is 81.5 cm³/mol. The SMILES string of the molecule is CCc1nc(CC)n(-c2nc3ccccn3c2CBr)n1. The molecule has 0 radical (unpaired) electrons. The first-order chi connectivity index (χ1) is 9.78. The highest BCUT2D eigenvalue weighted by Crippen LogP contribution is 2.20. The van der Waals surface area contributed by atoms with Crippen LogP contribution < -0.4 is 0 Å². The smallest absolute Gasteiger partial charge is 0.178 e. The minimum Gasteiger partial charge on any atom is -0.301 e. The van der Waals surface area contributed by atoms with Gasteiger partial charge in [-0.3, -0.25) is 0 Å². The highest BCUT2D eigenvalue weighted by Gasteiger charge is 2.17. The van der Waals surface area contributed by atoms with Crippen molar-refractivity contribution < 1.29 is 0 Å². The molecule has 0 aliphatic heterocycles. The number of alkyl halides is 1. The summed E-state index contributed by atoms with van der Waals surface area (Å²) in [7, 11) is 0. The Morgan fingerprint density at radius 2 is 2.00 bits per heavy atom. The van der Waals surface area contributed by atoms with Gasteiger partial charge in [0.2, 0.25) is 0 Å². The van der Waals surface area contributed by atoms with Gasteiger partial charge in [0, 0.05) is 24.4 Å². The molecule has 0 aliphatic carbocycles. The fourth-order valence-corrected chi connectivity index (χ4v) is 2.79.